The van der Waals surface area contributed by atoms with Gasteiger partial charge < -0.3 is 9.84 Å². The SMILES string of the molecule is COc1cc(C)c(C2(O)CCCC(C(C)C)C2)cc1C. The summed E-state index contributed by atoms with van der Waals surface area (Å²) in [6, 6.07) is 4.18. The third-order valence-corrected chi connectivity index (χ3v) is 4.95. The molecule has 2 unspecified atom stereocenters. The van der Waals surface area contributed by atoms with Gasteiger partial charge in [0.1, 0.15) is 5.75 Å². The first-order valence-corrected chi connectivity index (χ1v) is 7.75. The Morgan fingerprint density at radius 2 is 1.95 bits per heavy atom. The topological polar surface area (TPSA) is 29.5 Å². The van der Waals surface area contributed by atoms with Crippen LogP contribution in [0.5, 0.6) is 5.75 Å². The lowest BCUT2D eigenvalue weighted by atomic mass is 9.70. The average molecular weight is 276 g/mol. The highest BCUT2D eigenvalue weighted by Gasteiger charge is 2.38. The van der Waals surface area contributed by atoms with Crippen molar-refractivity contribution < 1.29 is 9.84 Å². The van der Waals surface area contributed by atoms with E-state index in [1.807, 2.05) is 6.92 Å². The van der Waals surface area contributed by atoms with Crippen LogP contribution in [0.15, 0.2) is 12.1 Å². The monoisotopic (exact) mass is 276 g/mol. The Labute approximate surface area is 123 Å². The summed E-state index contributed by atoms with van der Waals surface area (Å²) < 4.78 is 5.38. The zero-order chi connectivity index (χ0) is 14.9. The van der Waals surface area contributed by atoms with Crippen LogP contribution in [0.4, 0.5) is 0 Å². The van der Waals surface area contributed by atoms with Crippen molar-refractivity contribution in [2.45, 2.75) is 59.0 Å². The second-order valence-electron chi connectivity index (χ2n) is 6.77. The Kier molecular flexibility index (Phi) is 4.43. The van der Waals surface area contributed by atoms with Gasteiger partial charge in [0.2, 0.25) is 0 Å². The summed E-state index contributed by atoms with van der Waals surface area (Å²) in [6.07, 6.45) is 4.12. The minimum Gasteiger partial charge on any atom is -0.496 e. The number of aliphatic hydroxyl groups is 1. The van der Waals surface area contributed by atoms with E-state index in [-0.39, 0.29) is 0 Å². The largest absolute Gasteiger partial charge is 0.496 e. The molecule has 1 saturated carbocycles. The summed E-state index contributed by atoms with van der Waals surface area (Å²) in [6.45, 7) is 8.66. The van der Waals surface area contributed by atoms with E-state index >= 15 is 0 Å². The van der Waals surface area contributed by atoms with E-state index in [0.29, 0.717) is 11.8 Å². The van der Waals surface area contributed by atoms with Crippen LogP contribution in [0, 0.1) is 25.7 Å². The predicted octanol–water partition coefficient (Wildman–Crippen LogP) is 4.35. The zero-order valence-electron chi connectivity index (χ0n) is 13.5. The molecule has 0 bridgehead atoms. The van der Waals surface area contributed by atoms with Crippen molar-refractivity contribution in [3.8, 4) is 5.75 Å². The Balaban J connectivity index is 2.36. The first kappa shape index (κ1) is 15.4. The molecule has 2 rings (SSSR count). The number of benzene rings is 1. The van der Waals surface area contributed by atoms with Crippen molar-refractivity contribution in [1.82, 2.24) is 0 Å². The van der Waals surface area contributed by atoms with Crippen molar-refractivity contribution >= 4 is 0 Å². The van der Waals surface area contributed by atoms with Gasteiger partial charge in [-0.25, -0.2) is 0 Å². The van der Waals surface area contributed by atoms with E-state index in [0.717, 1.165) is 41.7 Å². The molecule has 0 radical (unpaired) electrons. The minimum atomic E-state index is -0.658. The molecule has 2 heteroatoms. The van der Waals surface area contributed by atoms with E-state index in [9.17, 15) is 5.11 Å². The third-order valence-electron chi connectivity index (χ3n) is 4.95. The standard InChI is InChI=1S/C18H28O2/c1-12(2)15-7-6-8-18(19,11-15)16-9-14(4)17(20-5)10-13(16)3/h9-10,12,15,19H,6-8,11H2,1-5H3. The van der Waals surface area contributed by atoms with Gasteiger partial charge in [0.05, 0.1) is 12.7 Å². The van der Waals surface area contributed by atoms with Crippen molar-refractivity contribution in [2.24, 2.45) is 11.8 Å². The second-order valence-corrected chi connectivity index (χ2v) is 6.77. The highest BCUT2D eigenvalue weighted by Crippen LogP contribution is 2.44. The van der Waals surface area contributed by atoms with Crippen LogP contribution in [-0.4, -0.2) is 12.2 Å². The second kappa shape index (κ2) is 5.77. The maximum atomic E-state index is 11.2. The fourth-order valence-electron chi connectivity index (χ4n) is 3.62. The maximum absolute atomic E-state index is 11.2. The molecule has 2 nitrogen and oxygen atoms in total. The smallest absolute Gasteiger partial charge is 0.122 e. The fourth-order valence-corrected chi connectivity index (χ4v) is 3.62. The first-order valence-electron chi connectivity index (χ1n) is 7.75. The maximum Gasteiger partial charge on any atom is 0.122 e. The van der Waals surface area contributed by atoms with Gasteiger partial charge in [0.15, 0.2) is 0 Å². The van der Waals surface area contributed by atoms with Gasteiger partial charge >= 0.3 is 0 Å². The Hall–Kier alpha value is -1.02. The van der Waals surface area contributed by atoms with E-state index < -0.39 is 5.60 Å². The lowest BCUT2D eigenvalue weighted by Crippen LogP contribution is -2.35. The molecule has 0 saturated heterocycles. The molecule has 1 aliphatic carbocycles. The van der Waals surface area contributed by atoms with Crippen LogP contribution in [0.1, 0.15) is 56.2 Å². The number of hydrogen-bond acceptors (Lipinski definition) is 2. The van der Waals surface area contributed by atoms with Gasteiger partial charge in [0, 0.05) is 0 Å². The third kappa shape index (κ3) is 2.85. The molecule has 0 aliphatic heterocycles. The van der Waals surface area contributed by atoms with Gasteiger partial charge in [-0.3, -0.25) is 0 Å². The van der Waals surface area contributed by atoms with E-state index in [1.54, 1.807) is 7.11 Å². The molecule has 0 heterocycles. The normalized spacial score (nSPS) is 26.9. The first-order chi connectivity index (χ1) is 9.37. The van der Waals surface area contributed by atoms with Gasteiger partial charge in [-0.1, -0.05) is 13.8 Å². The van der Waals surface area contributed by atoms with Crippen LogP contribution in [0.25, 0.3) is 0 Å². The average Bonchev–Trinajstić information content (AvgIpc) is 2.40. The summed E-state index contributed by atoms with van der Waals surface area (Å²) in [4.78, 5) is 0. The fraction of sp³-hybridized carbons (Fsp3) is 0.667. The van der Waals surface area contributed by atoms with Crippen molar-refractivity contribution in [2.75, 3.05) is 7.11 Å². The van der Waals surface area contributed by atoms with Gasteiger partial charge in [-0.2, -0.15) is 0 Å². The molecular weight excluding hydrogens is 248 g/mol. The minimum absolute atomic E-state index is 0.621. The Bertz CT molecular complexity index is 479. The highest BCUT2D eigenvalue weighted by molar-refractivity contribution is 5.44. The van der Waals surface area contributed by atoms with Crippen molar-refractivity contribution in [3.05, 3.63) is 28.8 Å². The van der Waals surface area contributed by atoms with Gasteiger partial charge in [0.25, 0.3) is 0 Å². The molecule has 0 aromatic heterocycles. The van der Waals surface area contributed by atoms with Crippen LogP contribution in [0.3, 0.4) is 0 Å². The van der Waals surface area contributed by atoms with Crippen LogP contribution in [-0.2, 0) is 5.60 Å². The molecule has 0 spiro atoms. The zero-order valence-corrected chi connectivity index (χ0v) is 13.5. The van der Waals surface area contributed by atoms with E-state index in [1.165, 1.54) is 6.42 Å². The molecule has 1 aliphatic rings. The van der Waals surface area contributed by atoms with Crippen LogP contribution in [0.2, 0.25) is 0 Å². The molecule has 0 amide bonds. The Morgan fingerprint density at radius 3 is 2.55 bits per heavy atom. The summed E-state index contributed by atoms with van der Waals surface area (Å²) in [5.41, 5.74) is 2.68. The van der Waals surface area contributed by atoms with Crippen LogP contribution >= 0.6 is 0 Å². The molecule has 1 aromatic carbocycles. The number of hydrogen-bond donors (Lipinski definition) is 1. The summed E-state index contributed by atoms with van der Waals surface area (Å²) in [7, 11) is 1.70. The molecule has 2 atom stereocenters. The molecule has 20 heavy (non-hydrogen) atoms. The number of methoxy groups -OCH3 is 1. The molecule has 1 N–H and O–H groups in total. The molecular formula is C18H28O2. The lowest BCUT2D eigenvalue weighted by Gasteiger charge is -2.40. The summed E-state index contributed by atoms with van der Waals surface area (Å²) in [5, 5.41) is 11.2. The molecule has 1 fully saturated rings. The van der Waals surface area contributed by atoms with Crippen LogP contribution < -0.4 is 4.74 Å². The quantitative estimate of drug-likeness (QED) is 0.889. The Morgan fingerprint density at radius 1 is 1.25 bits per heavy atom. The van der Waals surface area contributed by atoms with Crippen molar-refractivity contribution in [3.63, 3.8) is 0 Å². The lowest BCUT2D eigenvalue weighted by molar-refractivity contribution is -0.0300. The van der Waals surface area contributed by atoms with E-state index in [2.05, 4.69) is 32.9 Å². The molecule has 112 valence electrons. The predicted molar refractivity (Wildman–Crippen MR) is 83.2 cm³/mol. The molecule has 1 aromatic rings. The van der Waals surface area contributed by atoms with Gasteiger partial charge in [-0.05, 0) is 80.2 Å². The van der Waals surface area contributed by atoms with Crippen molar-refractivity contribution in [1.29, 1.82) is 0 Å². The van der Waals surface area contributed by atoms with E-state index in [4.69, 9.17) is 4.74 Å². The summed E-state index contributed by atoms with van der Waals surface area (Å²) in [5.74, 6) is 2.17. The highest BCUT2D eigenvalue weighted by atomic mass is 16.5. The summed E-state index contributed by atoms with van der Waals surface area (Å²) >= 11 is 0. The number of ether oxygens (including phenoxy) is 1. The number of aryl methyl sites for hydroxylation is 2. The van der Waals surface area contributed by atoms with Gasteiger partial charge in [-0.15, -0.1) is 0 Å². The number of rotatable bonds is 3.